The first kappa shape index (κ1) is 16.5. The molecule has 3 fully saturated rings. The summed E-state index contributed by atoms with van der Waals surface area (Å²) in [5, 5.41) is 5.66. The lowest BCUT2D eigenvalue weighted by Crippen LogP contribution is -2.51. The third-order valence-corrected chi connectivity index (χ3v) is 5.30. The van der Waals surface area contributed by atoms with Crippen molar-refractivity contribution in [3.8, 4) is 0 Å². The molecule has 1 aromatic carbocycles. The van der Waals surface area contributed by atoms with Crippen molar-refractivity contribution in [2.45, 2.75) is 50.0 Å². The van der Waals surface area contributed by atoms with Crippen LogP contribution in [0.4, 0.5) is 0 Å². The largest absolute Gasteiger partial charge is 0.375 e. The first-order chi connectivity index (χ1) is 11.9. The zero-order valence-electron chi connectivity index (χ0n) is 14.2. The average molecular weight is 332 g/mol. The number of hydrogen-bond acceptors (Lipinski definition) is 5. The molecule has 3 saturated heterocycles. The molecule has 1 N–H and O–H groups in total. The lowest BCUT2D eigenvalue weighted by Gasteiger charge is -2.40. The highest BCUT2D eigenvalue weighted by atomic mass is 16.7. The van der Waals surface area contributed by atoms with Gasteiger partial charge in [0.1, 0.15) is 6.10 Å². The van der Waals surface area contributed by atoms with Gasteiger partial charge in [-0.3, -0.25) is 4.84 Å². The van der Waals surface area contributed by atoms with Crippen LogP contribution >= 0.6 is 0 Å². The molecular weight excluding hydrogens is 304 g/mol. The fourth-order valence-electron chi connectivity index (χ4n) is 4.03. The lowest BCUT2D eigenvalue weighted by molar-refractivity contribution is -0.271. The Kier molecular flexibility index (Phi) is 5.45. The summed E-state index contributed by atoms with van der Waals surface area (Å²) in [7, 11) is 0. The van der Waals surface area contributed by atoms with Crippen LogP contribution < -0.4 is 5.32 Å². The van der Waals surface area contributed by atoms with Crippen molar-refractivity contribution in [3.63, 3.8) is 0 Å². The van der Waals surface area contributed by atoms with Crippen molar-refractivity contribution in [1.82, 2.24) is 10.4 Å². The summed E-state index contributed by atoms with van der Waals surface area (Å²) in [6.07, 6.45) is 4.75. The molecule has 0 aliphatic carbocycles. The van der Waals surface area contributed by atoms with Crippen LogP contribution in [0.25, 0.3) is 0 Å². The van der Waals surface area contributed by atoms with Gasteiger partial charge in [0.2, 0.25) is 0 Å². The molecule has 0 saturated carbocycles. The minimum absolute atomic E-state index is 0.0133. The van der Waals surface area contributed by atoms with Crippen LogP contribution in [0.15, 0.2) is 30.3 Å². The van der Waals surface area contributed by atoms with Gasteiger partial charge < -0.3 is 14.8 Å². The third-order valence-electron chi connectivity index (χ3n) is 5.30. The van der Waals surface area contributed by atoms with Crippen LogP contribution in [-0.4, -0.2) is 56.2 Å². The molecule has 3 aliphatic rings. The molecule has 3 atom stereocenters. The van der Waals surface area contributed by atoms with Crippen molar-refractivity contribution in [1.29, 1.82) is 0 Å². The highest BCUT2D eigenvalue weighted by molar-refractivity contribution is 5.19. The first-order valence-electron chi connectivity index (χ1n) is 9.34. The maximum atomic E-state index is 6.57. The van der Waals surface area contributed by atoms with E-state index in [1.54, 1.807) is 0 Å². The van der Waals surface area contributed by atoms with E-state index in [1.165, 1.54) is 5.56 Å². The van der Waals surface area contributed by atoms with E-state index in [9.17, 15) is 0 Å². The normalized spacial score (nSPS) is 32.9. The van der Waals surface area contributed by atoms with Gasteiger partial charge in [-0.1, -0.05) is 30.3 Å². The third kappa shape index (κ3) is 3.65. The van der Waals surface area contributed by atoms with Crippen LogP contribution in [0.3, 0.4) is 0 Å². The molecule has 4 rings (SSSR count). The van der Waals surface area contributed by atoms with Crippen LogP contribution in [0, 0.1) is 0 Å². The number of benzene rings is 1. The number of nitrogens with zero attached hydrogens (tertiary/aromatic N) is 1. The van der Waals surface area contributed by atoms with Crippen LogP contribution in [-0.2, 0) is 14.3 Å². The zero-order chi connectivity index (χ0) is 16.2. The Morgan fingerprint density at radius 2 is 1.75 bits per heavy atom. The molecule has 3 unspecified atom stereocenters. The Hall–Kier alpha value is -0.980. The topological polar surface area (TPSA) is 43.0 Å². The molecule has 0 aromatic heterocycles. The lowest BCUT2D eigenvalue weighted by atomic mass is 10.0. The number of rotatable bonds is 5. The fourth-order valence-corrected chi connectivity index (χ4v) is 4.03. The van der Waals surface area contributed by atoms with Gasteiger partial charge in [0.25, 0.3) is 0 Å². The minimum Gasteiger partial charge on any atom is -0.375 e. The summed E-state index contributed by atoms with van der Waals surface area (Å²) >= 11 is 0. The summed E-state index contributed by atoms with van der Waals surface area (Å²) in [6.45, 7) is 4.44. The summed E-state index contributed by atoms with van der Waals surface area (Å²) in [4.78, 5) is 6.57. The van der Waals surface area contributed by atoms with E-state index < -0.39 is 0 Å². The molecular formula is C19H28N2O3. The summed E-state index contributed by atoms with van der Waals surface area (Å²) < 4.78 is 11.9. The van der Waals surface area contributed by atoms with Gasteiger partial charge in [0.15, 0.2) is 0 Å². The molecule has 0 bridgehead atoms. The molecule has 3 aliphatic heterocycles. The summed E-state index contributed by atoms with van der Waals surface area (Å²) in [6, 6.07) is 10.9. The molecule has 0 spiro atoms. The van der Waals surface area contributed by atoms with Crippen LogP contribution in [0.2, 0.25) is 0 Å². The van der Waals surface area contributed by atoms with Crippen LogP contribution in [0.1, 0.15) is 37.3 Å². The van der Waals surface area contributed by atoms with Crippen molar-refractivity contribution < 1.29 is 14.3 Å². The maximum absolute atomic E-state index is 6.57. The fraction of sp³-hybridized carbons (Fsp3) is 0.684. The van der Waals surface area contributed by atoms with Crippen LogP contribution in [0.5, 0.6) is 0 Å². The molecule has 0 radical (unpaired) electrons. The van der Waals surface area contributed by atoms with E-state index >= 15 is 0 Å². The van der Waals surface area contributed by atoms with Gasteiger partial charge in [-0.15, -0.1) is 0 Å². The Labute approximate surface area is 144 Å². The molecule has 5 nitrogen and oxygen atoms in total. The Balaban J connectivity index is 1.50. The molecule has 5 heteroatoms. The number of hydroxylamine groups is 2. The van der Waals surface area contributed by atoms with E-state index in [4.69, 9.17) is 14.3 Å². The van der Waals surface area contributed by atoms with Crippen molar-refractivity contribution in [2.75, 3.05) is 32.8 Å². The average Bonchev–Trinajstić information content (AvgIpc) is 3.35. The number of nitrogens with one attached hydrogen (secondary N) is 1. The van der Waals surface area contributed by atoms with Gasteiger partial charge in [-0.05, 0) is 31.2 Å². The second-order valence-corrected chi connectivity index (χ2v) is 6.94. The van der Waals surface area contributed by atoms with E-state index in [-0.39, 0.29) is 24.4 Å². The number of ether oxygens (including phenoxy) is 2. The molecule has 132 valence electrons. The van der Waals surface area contributed by atoms with Gasteiger partial charge >= 0.3 is 0 Å². The van der Waals surface area contributed by atoms with E-state index in [0.717, 1.165) is 58.5 Å². The van der Waals surface area contributed by atoms with Gasteiger partial charge in [0.05, 0.1) is 18.2 Å². The van der Waals surface area contributed by atoms with Gasteiger partial charge in [-0.25, -0.2) is 0 Å². The van der Waals surface area contributed by atoms with Crippen molar-refractivity contribution in [2.24, 2.45) is 0 Å². The number of hydrogen-bond donors (Lipinski definition) is 1. The predicted molar refractivity (Wildman–Crippen MR) is 91.6 cm³/mol. The van der Waals surface area contributed by atoms with Gasteiger partial charge in [-0.2, -0.15) is 5.06 Å². The van der Waals surface area contributed by atoms with E-state index in [0.29, 0.717) is 0 Å². The summed E-state index contributed by atoms with van der Waals surface area (Å²) in [5.74, 6) is 0. The Morgan fingerprint density at radius 3 is 2.38 bits per heavy atom. The highest BCUT2D eigenvalue weighted by Gasteiger charge is 2.39. The highest BCUT2D eigenvalue weighted by Crippen LogP contribution is 2.31. The smallest absolute Gasteiger partial charge is 0.131 e. The molecule has 24 heavy (non-hydrogen) atoms. The van der Waals surface area contributed by atoms with Crippen molar-refractivity contribution in [3.05, 3.63) is 35.9 Å². The zero-order valence-corrected chi connectivity index (χ0v) is 14.2. The molecule has 3 heterocycles. The van der Waals surface area contributed by atoms with E-state index in [2.05, 4.69) is 40.7 Å². The van der Waals surface area contributed by atoms with Crippen molar-refractivity contribution >= 4 is 0 Å². The second kappa shape index (κ2) is 7.93. The monoisotopic (exact) mass is 332 g/mol. The van der Waals surface area contributed by atoms with E-state index in [1.807, 2.05) is 0 Å². The SMILES string of the molecule is c1ccc(C2CNCCN2OC(C2CCCO2)C2CCCO2)cc1. The molecule has 1 aromatic rings. The Bertz CT molecular complexity index is 485. The quantitative estimate of drug-likeness (QED) is 0.896. The predicted octanol–water partition coefficient (Wildman–Crippen LogP) is 2.29. The second-order valence-electron chi connectivity index (χ2n) is 6.94. The van der Waals surface area contributed by atoms with Gasteiger partial charge in [0, 0.05) is 32.8 Å². The Morgan fingerprint density at radius 1 is 1.04 bits per heavy atom. The maximum Gasteiger partial charge on any atom is 0.131 e. The standard InChI is InChI=1S/C19H28N2O3/c1-2-6-15(7-3-1)16-14-20-10-11-21(16)24-19(17-8-4-12-22-17)18-9-5-13-23-18/h1-3,6-7,16-20H,4-5,8-14H2. The summed E-state index contributed by atoms with van der Waals surface area (Å²) in [5.41, 5.74) is 1.29. The minimum atomic E-state index is 0.0133. The first-order valence-corrected chi connectivity index (χ1v) is 9.34. The molecule has 0 amide bonds. The number of piperazine rings is 1.